The fraction of sp³-hybridized carbons (Fsp3) is 0.733. The van der Waals surface area contributed by atoms with E-state index in [1.807, 2.05) is 18.9 Å². The van der Waals surface area contributed by atoms with Gasteiger partial charge in [-0.1, -0.05) is 13.0 Å². The maximum Gasteiger partial charge on any atom is 0.307 e. The summed E-state index contributed by atoms with van der Waals surface area (Å²) in [6.07, 6.45) is 2.81. The molecule has 1 N–H and O–H groups in total. The number of aliphatic hydroxyl groups is 1. The highest BCUT2D eigenvalue weighted by Gasteiger charge is 2.07. The molecule has 0 atom stereocenters. The quantitative estimate of drug-likeness (QED) is 0.435. The first-order chi connectivity index (χ1) is 9.97. The molecule has 0 amide bonds. The molecule has 0 fully saturated rings. The van der Waals surface area contributed by atoms with Gasteiger partial charge in [-0.05, 0) is 19.8 Å². The van der Waals surface area contributed by atoms with E-state index in [2.05, 4.69) is 6.58 Å². The molecule has 0 rings (SSSR count). The second-order valence-electron chi connectivity index (χ2n) is 4.88. The van der Waals surface area contributed by atoms with Crippen molar-refractivity contribution in [1.82, 2.24) is 4.90 Å². The lowest BCUT2D eigenvalue weighted by molar-refractivity contribution is -0.152. The number of aliphatic hydroxyl groups excluding tert-OH is 1. The van der Waals surface area contributed by atoms with Crippen molar-refractivity contribution in [1.29, 1.82) is 0 Å². The fourth-order valence-electron chi connectivity index (χ4n) is 1.46. The van der Waals surface area contributed by atoms with E-state index in [0.717, 1.165) is 12.1 Å². The number of carbonyl (C=O) groups excluding carboxylic acids is 2. The Labute approximate surface area is 126 Å². The molecular weight excluding hydrogens is 274 g/mol. The molecule has 122 valence electrons. The fourth-order valence-corrected chi connectivity index (χ4v) is 1.46. The highest BCUT2D eigenvalue weighted by atomic mass is 16.6. The number of esters is 2. The molecule has 0 aliphatic carbocycles. The van der Waals surface area contributed by atoms with Crippen LogP contribution in [-0.4, -0.2) is 55.4 Å². The maximum atomic E-state index is 11.4. The highest BCUT2D eigenvalue weighted by molar-refractivity contribution is 5.70. The van der Waals surface area contributed by atoms with Crippen LogP contribution in [0.5, 0.6) is 0 Å². The first kappa shape index (κ1) is 19.4. The van der Waals surface area contributed by atoms with Gasteiger partial charge in [-0.3, -0.25) is 9.59 Å². The molecule has 6 nitrogen and oxygen atoms in total. The van der Waals surface area contributed by atoms with Crippen molar-refractivity contribution in [3.63, 3.8) is 0 Å². The summed E-state index contributed by atoms with van der Waals surface area (Å²) >= 11 is 0. The summed E-state index contributed by atoms with van der Waals surface area (Å²) in [6, 6.07) is 0. The van der Waals surface area contributed by atoms with E-state index >= 15 is 0 Å². The Balaban J connectivity index is 3.50. The Morgan fingerprint density at radius 1 is 1.05 bits per heavy atom. The van der Waals surface area contributed by atoms with Gasteiger partial charge in [0, 0.05) is 32.3 Å². The molecular formula is C15H27NO5. The number of carbonyl (C=O) groups is 2. The second kappa shape index (κ2) is 12.2. The Morgan fingerprint density at radius 2 is 1.62 bits per heavy atom. The Kier molecular flexibility index (Phi) is 11.3. The molecule has 0 unspecified atom stereocenters. The monoisotopic (exact) mass is 301 g/mol. The third-order valence-electron chi connectivity index (χ3n) is 2.95. The minimum atomic E-state index is -0.318. The van der Waals surface area contributed by atoms with Crippen LogP contribution in [0.2, 0.25) is 0 Å². The normalized spacial score (nSPS) is 10.0. The smallest absolute Gasteiger partial charge is 0.307 e. The number of nitrogens with zero attached hydrogens (tertiary/aromatic N) is 1. The van der Waals surface area contributed by atoms with Crippen molar-refractivity contribution in [3.8, 4) is 0 Å². The lowest BCUT2D eigenvalue weighted by Crippen LogP contribution is -2.21. The van der Waals surface area contributed by atoms with Gasteiger partial charge in [-0.25, -0.2) is 0 Å². The van der Waals surface area contributed by atoms with Gasteiger partial charge < -0.3 is 19.5 Å². The second-order valence-corrected chi connectivity index (χ2v) is 4.88. The molecule has 0 radical (unpaired) electrons. The largest absolute Gasteiger partial charge is 0.462 e. The number of rotatable bonds is 12. The molecule has 0 heterocycles. The predicted octanol–water partition coefficient (Wildman–Crippen LogP) is 1.48. The highest BCUT2D eigenvalue weighted by Crippen LogP contribution is 2.01. The van der Waals surface area contributed by atoms with E-state index in [1.54, 1.807) is 0 Å². The lowest BCUT2D eigenvalue weighted by Gasteiger charge is -2.17. The number of hydrogen-bond donors (Lipinski definition) is 1. The molecule has 0 aromatic heterocycles. The van der Waals surface area contributed by atoms with Gasteiger partial charge in [0.1, 0.15) is 13.2 Å². The van der Waals surface area contributed by atoms with Crippen molar-refractivity contribution >= 4 is 11.9 Å². The van der Waals surface area contributed by atoms with Crippen LogP contribution in [0.3, 0.4) is 0 Å². The average Bonchev–Trinajstić information content (AvgIpc) is 2.45. The summed E-state index contributed by atoms with van der Waals surface area (Å²) in [5, 5.41) is 8.59. The molecule has 21 heavy (non-hydrogen) atoms. The van der Waals surface area contributed by atoms with Crippen molar-refractivity contribution in [2.24, 2.45) is 0 Å². The zero-order valence-electron chi connectivity index (χ0n) is 13.1. The van der Waals surface area contributed by atoms with Crippen molar-refractivity contribution in [2.45, 2.75) is 39.0 Å². The van der Waals surface area contributed by atoms with E-state index in [9.17, 15) is 9.59 Å². The molecule has 0 saturated heterocycles. The van der Waals surface area contributed by atoms with E-state index in [0.29, 0.717) is 25.8 Å². The molecule has 6 heteroatoms. The van der Waals surface area contributed by atoms with Gasteiger partial charge in [0.05, 0.1) is 6.42 Å². The van der Waals surface area contributed by atoms with E-state index in [-0.39, 0.29) is 38.2 Å². The van der Waals surface area contributed by atoms with Crippen molar-refractivity contribution < 1.29 is 24.2 Å². The Morgan fingerprint density at radius 3 is 2.14 bits per heavy atom. The average molecular weight is 301 g/mol. The number of ether oxygens (including phenoxy) is 2. The zero-order valence-corrected chi connectivity index (χ0v) is 13.1. The summed E-state index contributed by atoms with van der Waals surface area (Å²) in [6.45, 7) is 6.50. The number of allylic oxidation sites excluding steroid dienone is 1. The van der Waals surface area contributed by atoms with Crippen LogP contribution in [0, 0.1) is 0 Å². The van der Waals surface area contributed by atoms with E-state index in [4.69, 9.17) is 14.6 Å². The lowest BCUT2D eigenvalue weighted by atomic mass is 10.2. The van der Waals surface area contributed by atoms with Gasteiger partial charge in [0.2, 0.25) is 0 Å². The van der Waals surface area contributed by atoms with Crippen molar-refractivity contribution in [3.05, 3.63) is 12.3 Å². The van der Waals surface area contributed by atoms with Gasteiger partial charge in [-0.15, -0.1) is 0 Å². The summed E-state index contributed by atoms with van der Waals surface area (Å²) < 4.78 is 9.89. The predicted molar refractivity (Wildman–Crippen MR) is 79.5 cm³/mol. The molecule has 0 aliphatic heterocycles. The summed E-state index contributed by atoms with van der Waals surface area (Å²) in [7, 11) is 1.86. The Hall–Kier alpha value is -1.56. The van der Waals surface area contributed by atoms with Crippen LogP contribution in [0.15, 0.2) is 12.3 Å². The van der Waals surface area contributed by atoms with Crippen LogP contribution >= 0.6 is 0 Å². The maximum absolute atomic E-state index is 11.4. The van der Waals surface area contributed by atoms with Crippen LogP contribution < -0.4 is 0 Å². The summed E-state index contributed by atoms with van der Waals surface area (Å²) in [5.41, 5.74) is 0.887. The van der Waals surface area contributed by atoms with E-state index < -0.39 is 0 Å². The van der Waals surface area contributed by atoms with Gasteiger partial charge in [0.15, 0.2) is 0 Å². The third-order valence-corrected chi connectivity index (χ3v) is 2.95. The minimum Gasteiger partial charge on any atom is -0.462 e. The van der Waals surface area contributed by atoms with Crippen LogP contribution in [0.1, 0.15) is 39.0 Å². The van der Waals surface area contributed by atoms with E-state index in [1.165, 1.54) is 0 Å². The third kappa shape index (κ3) is 11.9. The molecule has 0 aromatic carbocycles. The first-order valence-corrected chi connectivity index (χ1v) is 7.26. The molecule has 0 bridgehead atoms. The Bertz CT molecular complexity index is 330. The summed E-state index contributed by atoms with van der Waals surface area (Å²) in [4.78, 5) is 24.6. The SMILES string of the molecule is C=C(C)N(C)CCC(=O)OCCOC(=O)CCCCCO. The van der Waals surface area contributed by atoms with Gasteiger partial charge in [0.25, 0.3) is 0 Å². The topological polar surface area (TPSA) is 76.1 Å². The zero-order chi connectivity index (χ0) is 16.1. The number of hydrogen-bond acceptors (Lipinski definition) is 6. The molecule has 0 saturated carbocycles. The van der Waals surface area contributed by atoms with Crippen LogP contribution in [0.4, 0.5) is 0 Å². The molecule has 0 aliphatic rings. The van der Waals surface area contributed by atoms with Crippen LogP contribution in [0.25, 0.3) is 0 Å². The minimum absolute atomic E-state index is 0.0813. The van der Waals surface area contributed by atoms with Crippen LogP contribution in [-0.2, 0) is 19.1 Å². The van der Waals surface area contributed by atoms with Gasteiger partial charge >= 0.3 is 11.9 Å². The number of unbranched alkanes of at least 4 members (excludes halogenated alkanes) is 2. The van der Waals surface area contributed by atoms with Crippen molar-refractivity contribution in [2.75, 3.05) is 33.4 Å². The summed E-state index contributed by atoms with van der Waals surface area (Å²) in [5.74, 6) is -0.618. The molecule has 0 aromatic rings. The molecule has 0 spiro atoms. The standard InChI is InChI=1S/C15H27NO5/c1-13(2)16(3)9-8-15(19)21-12-11-20-14(18)7-5-4-6-10-17/h17H,1,4-12H2,2-3H3. The van der Waals surface area contributed by atoms with Gasteiger partial charge in [-0.2, -0.15) is 0 Å². The first-order valence-electron chi connectivity index (χ1n) is 7.26.